The van der Waals surface area contributed by atoms with Crippen LogP contribution in [0.5, 0.6) is 0 Å². The van der Waals surface area contributed by atoms with Crippen molar-refractivity contribution in [3.05, 3.63) is 35.9 Å². The average molecular weight is 421 g/mol. The van der Waals surface area contributed by atoms with Crippen molar-refractivity contribution in [1.29, 1.82) is 0 Å². The molecule has 0 aromatic heterocycles. The van der Waals surface area contributed by atoms with Gasteiger partial charge in [-0.25, -0.2) is 4.79 Å². The Morgan fingerprint density at radius 3 is 1.97 bits per heavy atom. The number of amides is 2. The van der Waals surface area contributed by atoms with Gasteiger partial charge < -0.3 is 20.5 Å². The molecule has 1 aromatic rings. The minimum atomic E-state index is -0.401. The smallest absolute Gasteiger partial charge is 0.407 e. The number of carbonyl (C=O) groups is 2. The van der Waals surface area contributed by atoms with E-state index in [1.165, 1.54) is 25.7 Å². The summed E-state index contributed by atoms with van der Waals surface area (Å²) < 4.78 is 5.15. The fraction of sp³-hybridized carbons (Fsp3) is 0.667. The Balaban J connectivity index is 1.83. The predicted octanol–water partition coefficient (Wildman–Crippen LogP) is 4.70. The van der Waals surface area contributed by atoms with Crippen LogP contribution < -0.4 is 10.6 Å². The summed E-state index contributed by atoms with van der Waals surface area (Å²) >= 11 is 0. The molecule has 0 unspecified atom stereocenters. The van der Waals surface area contributed by atoms with Crippen LogP contribution in [0.2, 0.25) is 0 Å². The molecular formula is C24H40N2O4. The van der Waals surface area contributed by atoms with E-state index in [4.69, 9.17) is 9.84 Å². The van der Waals surface area contributed by atoms with Gasteiger partial charge in [0.05, 0.1) is 0 Å². The molecule has 0 saturated carbocycles. The quantitative estimate of drug-likeness (QED) is 0.300. The predicted molar refractivity (Wildman–Crippen MR) is 120 cm³/mol. The van der Waals surface area contributed by atoms with Crippen LogP contribution in [0, 0.1) is 0 Å². The third-order valence-corrected chi connectivity index (χ3v) is 4.97. The summed E-state index contributed by atoms with van der Waals surface area (Å²) in [6.45, 7) is 1.91. The van der Waals surface area contributed by atoms with Gasteiger partial charge in [-0.05, 0) is 31.2 Å². The number of hydrogen-bond acceptors (Lipinski definition) is 4. The van der Waals surface area contributed by atoms with Gasteiger partial charge in [0.2, 0.25) is 5.91 Å². The highest BCUT2D eigenvalue weighted by Gasteiger charge is 2.03. The second-order valence-electron chi connectivity index (χ2n) is 7.70. The second kappa shape index (κ2) is 18.9. The Labute approximate surface area is 181 Å². The Morgan fingerprint density at radius 2 is 1.30 bits per heavy atom. The van der Waals surface area contributed by atoms with E-state index < -0.39 is 6.09 Å². The van der Waals surface area contributed by atoms with Gasteiger partial charge >= 0.3 is 6.09 Å². The van der Waals surface area contributed by atoms with Crippen molar-refractivity contribution < 1.29 is 19.4 Å². The van der Waals surface area contributed by atoms with Gasteiger partial charge in [-0.2, -0.15) is 0 Å². The first-order chi connectivity index (χ1) is 14.7. The molecule has 2 amide bonds. The van der Waals surface area contributed by atoms with Gasteiger partial charge in [0.1, 0.15) is 6.61 Å². The van der Waals surface area contributed by atoms with Gasteiger partial charge in [0.15, 0.2) is 0 Å². The standard InChI is InChI=1S/C24H40N2O4/c27-20-14-6-4-2-1-3-5-12-18-25-23(28)17-11-8-13-19-26-24(29)30-21-22-15-9-7-10-16-22/h7,9-10,15-16,27H,1-6,8,11-14,17-21H2,(H,25,28)(H,26,29). The fourth-order valence-corrected chi connectivity index (χ4v) is 3.17. The topological polar surface area (TPSA) is 87.7 Å². The van der Waals surface area contributed by atoms with Crippen LogP contribution in [-0.2, 0) is 16.1 Å². The molecule has 0 heterocycles. The minimum Gasteiger partial charge on any atom is -0.445 e. The number of rotatable bonds is 18. The summed E-state index contributed by atoms with van der Waals surface area (Å²) in [6, 6.07) is 9.59. The minimum absolute atomic E-state index is 0.120. The number of aliphatic hydroxyl groups excluding tert-OH is 1. The van der Waals surface area contributed by atoms with E-state index in [0.717, 1.165) is 57.1 Å². The lowest BCUT2D eigenvalue weighted by Gasteiger charge is -2.07. The molecule has 0 bridgehead atoms. The molecule has 1 rings (SSSR count). The lowest BCUT2D eigenvalue weighted by atomic mass is 10.1. The zero-order valence-corrected chi connectivity index (χ0v) is 18.4. The van der Waals surface area contributed by atoms with E-state index >= 15 is 0 Å². The first-order valence-corrected chi connectivity index (χ1v) is 11.5. The normalized spacial score (nSPS) is 10.6. The number of nitrogens with one attached hydrogen (secondary N) is 2. The van der Waals surface area contributed by atoms with Crippen molar-refractivity contribution in [3.63, 3.8) is 0 Å². The van der Waals surface area contributed by atoms with E-state index in [-0.39, 0.29) is 12.5 Å². The molecule has 6 heteroatoms. The van der Waals surface area contributed by atoms with Crippen LogP contribution in [0.15, 0.2) is 30.3 Å². The lowest BCUT2D eigenvalue weighted by molar-refractivity contribution is -0.121. The van der Waals surface area contributed by atoms with E-state index in [0.29, 0.717) is 19.6 Å². The third kappa shape index (κ3) is 15.8. The first-order valence-electron chi connectivity index (χ1n) is 11.5. The molecule has 0 aliphatic carbocycles. The molecule has 0 spiro atoms. The molecule has 0 saturated heterocycles. The van der Waals surface area contributed by atoms with Crippen LogP contribution >= 0.6 is 0 Å². The van der Waals surface area contributed by atoms with E-state index in [2.05, 4.69) is 10.6 Å². The summed E-state index contributed by atoms with van der Waals surface area (Å²) in [5.41, 5.74) is 0.966. The Hall–Kier alpha value is -2.08. The van der Waals surface area contributed by atoms with Crippen molar-refractivity contribution in [2.75, 3.05) is 19.7 Å². The second-order valence-corrected chi connectivity index (χ2v) is 7.70. The Morgan fingerprint density at radius 1 is 0.733 bits per heavy atom. The van der Waals surface area contributed by atoms with Crippen LogP contribution in [0.1, 0.15) is 82.6 Å². The zero-order valence-electron chi connectivity index (χ0n) is 18.4. The van der Waals surface area contributed by atoms with Crippen molar-refractivity contribution in [2.45, 2.75) is 83.7 Å². The Kier molecular flexibility index (Phi) is 16.4. The van der Waals surface area contributed by atoms with Crippen molar-refractivity contribution in [3.8, 4) is 0 Å². The first kappa shape index (κ1) is 26.0. The lowest BCUT2D eigenvalue weighted by Crippen LogP contribution is -2.25. The molecule has 170 valence electrons. The Bertz CT molecular complexity index is 551. The number of carbonyl (C=O) groups excluding carboxylic acids is 2. The fourth-order valence-electron chi connectivity index (χ4n) is 3.17. The van der Waals surface area contributed by atoms with Crippen molar-refractivity contribution in [1.82, 2.24) is 10.6 Å². The molecule has 0 atom stereocenters. The van der Waals surface area contributed by atoms with Gasteiger partial charge in [-0.1, -0.05) is 75.3 Å². The summed E-state index contributed by atoms with van der Waals surface area (Å²) in [6.07, 6.45) is 11.9. The number of alkyl carbamates (subject to hydrolysis) is 1. The van der Waals surface area contributed by atoms with E-state index in [1.54, 1.807) is 0 Å². The van der Waals surface area contributed by atoms with Crippen LogP contribution in [0.25, 0.3) is 0 Å². The van der Waals surface area contributed by atoms with Crippen molar-refractivity contribution >= 4 is 12.0 Å². The number of hydrogen-bond donors (Lipinski definition) is 3. The maximum Gasteiger partial charge on any atom is 0.407 e. The van der Waals surface area contributed by atoms with Gasteiger partial charge in [0, 0.05) is 26.1 Å². The molecule has 30 heavy (non-hydrogen) atoms. The van der Waals surface area contributed by atoms with Gasteiger partial charge in [0.25, 0.3) is 0 Å². The highest BCUT2D eigenvalue weighted by molar-refractivity contribution is 5.75. The summed E-state index contributed by atoms with van der Waals surface area (Å²) in [4.78, 5) is 23.4. The maximum atomic E-state index is 11.8. The number of aliphatic hydroxyl groups is 1. The largest absolute Gasteiger partial charge is 0.445 e. The summed E-state index contributed by atoms with van der Waals surface area (Å²) in [5, 5.41) is 14.4. The molecule has 1 aromatic carbocycles. The van der Waals surface area contributed by atoms with E-state index in [9.17, 15) is 9.59 Å². The molecule has 0 aliphatic heterocycles. The SMILES string of the molecule is O=C(CCCCCNC(=O)OCc1ccccc1)NCCCCCCCCCCO. The monoisotopic (exact) mass is 420 g/mol. The number of unbranched alkanes of at least 4 members (excludes halogenated alkanes) is 9. The van der Waals surface area contributed by atoms with Crippen LogP contribution in [0.3, 0.4) is 0 Å². The number of ether oxygens (including phenoxy) is 1. The van der Waals surface area contributed by atoms with E-state index in [1.807, 2.05) is 30.3 Å². The third-order valence-electron chi connectivity index (χ3n) is 4.97. The van der Waals surface area contributed by atoms with Gasteiger partial charge in [-0.3, -0.25) is 4.79 Å². The van der Waals surface area contributed by atoms with Gasteiger partial charge in [-0.15, -0.1) is 0 Å². The molecule has 3 N–H and O–H groups in total. The zero-order chi connectivity index (χ0) is 21.7. The van der Waals surface area contributed by atoms with Crippen LogP contribution in [-0.4, -0.2) is 36.8 Å². The molecule has 6 nitrogen and oxygen atoms in total. The van der Waals surface area contributed by atoms with Crippen molar-refractivity contribution in [2.24, 2.45) is 0 Å². The highest BCUT2D eigenvalue weighted by Crippen LogP contribution is 2.08. The average Bonchev–Trinajstić information content (AvgIpc) is 2.76. The highest BCUT2D eigenvalue weighted by atomic mass is 16.5. The van der Waals surface area contributed by atoms with Crippen LogP contribution in [0.4, 0.5) is 4.79 Å². The molecular weight excluding hydrogens is 380 g/mol. The molecule has 0 aliphatic rings. The summed E-state index contributed by atoms with van der Waals surface area (Å²) in [7, 11) is 0. The summed E-state index contributed by atoms with van der Waals surface area (Å²) in [5.74, 6) is 0.120. The number of benzene rings is 1. The maximum absolute atomic E-state index is 11.8. The molecule has 0 radical (unpaired) electrons. The molecule has 0 fully saturated rings.